The Balaban J connectivity index is 2.16. The molecule has 17 heavy (non-hydrogen) atoms. The van der Waals surface area contributed by atoms with Gasteiger partial charge < -0.3 is 15.6 Å². The van der Waals surface area contributed by atoms with Gasteiger partial charge in [-0.05, 0) is 25.5 Å². The SMILES string of the molecule is Cc1cc(NC(C)c2nncn2C)ncc1N. The molecule has 1 atom stereocenters. The number of nitrogens with two attached hydrogens (primary N) is 1. The lowest BCUT2D eigenvalue weighted by molar-refractivity contribution is 0.716. The van der Waals surface area contributed by atoms with Crippen molar-refractivity contribution in [1.29, 1.82) is 0 Å². The van der Waals surface area contributed by atoms with Crippen LogP contribution in [0.2, 0.25) is 0 Å². The molecule has 0 amide bonds. The predicted molar refractivity (Wildman–Crippen MR) is 66.4 cm³/mol. The highest BCUT2D eigenvalue weighted by Gasteiger charge is 2.11. The van der Waals surface area contributed by atoms with Gasteiger partial charge >= 0.3 is 0 Å². The Bertz CT molecular complexity index is 518. The molecule has 0 saturated carbocycles. The molecule has 1 unspecified atom stereocenters. The van der Waals surface area contributed by atoms with Crippen molar-refractivity contribution < 1.29 is 0 Å². The van der Waals surface area contributed by atoms with Crippen molar-refractivity contribution in [3.8, 4) is 0 Å². The number of aromatic nitrogens is 4. The number of rotatable bonds is 3. The third-order valence-electron chi connectivity index (χ3n) is 2.65. The maximum Gasteiger partial charge on any atom is 0.154 e. The molecule has 0 aliphatic rings. The summed E-state index contributed by atoms with van der Waals surface area (Å²) in [6.07, 6.45) is 3.33. The number of anilines is 2. The molecule has 2 aromatic rings. The summed E-state index contributed by atoms with van der Waals surface area (Å²) >= 11 is 0. The second-order valence-corrected chi connectivity index (χ2v) is 4.09. The quantitative estimate of drug-likeness (QED) is 0.833. The Labute approximate surface area is 99.9 Å². The topological polar surface area (TPSA) is 81.7 Å². The molecule has 2 rings (SSSR count). The van der Waals surface area contributed by atoms with Gasteiger partial charge in [0.25, 0.3) is 0 Å². The first-order valence-corrected chi connectivity index (χ1v) is 5.40. The lowest BCUT2D eigenvalue weighted by Gasteiger charge is -2.14. The molecule has 2 aromatic heterocycles. The summed E-state index contributed by atoms with van der Waals surface area (Å²) in [5.41, 5.74) is 7.42. The fourth-order valence-electron chi connectivity index (χ4n) is 1.62. The highest BCUT2D eigenvalue weighted by molar-refractivity contribution is 5.51. The monoisotopic (exact) mass is 232 g/mol. The molecule has 90 valence electrons. The van der Waals surface area contributed by atoms with E-state index in [4.69, 9.17) is 5.73 Å². The summed E-state index contributed by atoms with van der Waals surface area (Å²) in [5, 5.41) is 11.2. The van der Waals surface area contributed by atoms with Crippen LogP contribution in [-0.2, 0) is 7.05 Å². The second-order valence-electron chi connectivity index (χ2n) is 4.09. The van der Waals surface area contributed by atoms with Crippen LogP contribution in [0.5, 0.6) is 0 Å². The molecule has 0 radical (unpaired) electrons. The molecule has 3 N–H and O–H groups in total. The Hall–Kier alpha value is -2.11. The van der Waals surface area contributed by atoms with E-state index in [2.05, 4.69) is 20.5 Å². The molecular formula is C11H16N6. The minimum Gasteiger partial charge on any atom is -0.397 e. The summed E-state index contributed by atoms with van der Waals surface area (Å²) in [6.45, 7) is 3.96. The van der Waals surface area contributed by atoms with Crippen molar-refractivity contribution in [3.63, 3.8) is 0 Å². The number of aryl methyl sites for hydroxylation is 2. The molecule has 2 heterocycles. The number of nitrogens with zero attached hydrogens (tertiary/aromatic N) is 4. The summed E-state index contributed by atoms with van der Waals surface area (Å²) in [5.74, 6) is 1.65. The maximum atomic E-state index is 5.72. The van der Waals surface area contributed by atoms with Gasteiger partial charge in [0.2, 0.25) is 0 Å². The summed E-state index contributed by atoms with van der Waals surface area (Å²) in [7, 11) is 1.91. The molecule has 0 aliphatic carbocycles. The Kier molecular flexibility index (Phi) is 2.95. The molecule has 0 spiro atoms. The average Bonchev–Trinajstić information content (AvgIpc) is 2.70. The van der Waals surface area contributed by atoms with Crippen molar-refractivity contribution in [1.82, 2.24) is 19.7 Å². The standard InChI is InChI=1S/C11H16N6/c1-7-4-10(13-5-9(7)12)15-8(2)11-16-14-6-17(11)3/h4-6,8H,12H2,1-3H3,(H,13,15). The molecule has 0 aromatic carbocycles. The van der Waals surface area contributed by atoms with E-state index < -0.39 is 0 Å². The van der Waals surface area contributed by atoms with Crippen molar-refractivity contribution in [2.75, 3.05) is 11.1 Å². The number of pyridine rings is 1. The van der Waals surface area contributed by atoms with Gasteiger partial charge in [0.15, 0.2) is 5.82 Å². The molecule has 0 bridgehead atoms. The molecule has 0 fully saturated rings. The van der Waals surface area contributed by atoms with Gasteiger partial charge in [-0.15, -0.1) is 10.2 Å². The zero-order chi connectivity index (χ0) is 12.4. The first-order chi connectivity index (χ1) is 8.08. The summed E-state index contributed by atoms with van der Waals surface area (Å²) < 4.78 is 1.88. The van der Waals surface area contributed by atoms with Crippen LogP contribution in [0.1, 0.15) is 24.4 Å². The van der Waals surface area contributed by atoms with E-state index in [1.54, 1.807) is 12.5 Å². The van der Waals surface area contributed by atoms with Crippen molar-refractivity contribution >= 4 is 11.5 Å². The van der Waals surface area contributed by atoms with Crippen molar-refractivity contribution in [2.45, 2.75) is 19.9 Å². The minimum atomic E-state index is 0.0398. The Morgan fingerprint density at radius 2 is 2.24 bits per heavy atom. The number of hydrogen-bond donors (Lipinski definition) is 2. The van der Waals surface area contributed by atoms with E-state index in [1.165, 1.54) is 0 Å². The minimum absolute atomic E-state index is 0.0398. The Morgan fingerprint density at radius 3 is 2.82 bits per heavy atom. The Morgan fingerprint density at radius 1 is 1.47 bits per heavy atom. The number of hydrogen-bond acceptors (Lipinski definition) is 5. The van der Waals surface area contributed by atoms with Crippen LogP contribution >= 0.6 is 0 Å². The highest BCUT2D eigenvalue weighted by Crippen LogP contribution is 2.18. The van der Waals surface area contributed by atoms with Crippen LogP contribution in [0.4, 0.5) is 11.5 Å². The predicted octanol–water partition coefficient (Wildman–Crippen LogP) is 1.27. The van der Waals surface area contributed by atoms with Gasteiger partial charge in [0, 0.05) is 7.05 Å². The van der Waals surface area contributed by atoms with Crippen molar-refractivity contribution in [3.05, 3.63) is 30.0 Å². The third kappa shape index (κ3) is 2.35. The van der Waals surface area contributed by atoms with E-state index in [9.17, 15) is 0 Å². The van der Waals surface area contributed by atoms with E-state index in [-0.39, 0.29) is 6.04 Å². The van der Waals surface area contributed by atoms with Crippen LogP contribution in [0.3, 0.4) is 0 Å². The zero-order valence-corrected chi connectivity index (χ0v) is 10.2. The smallest absolute Gasteiger partial charge is 0.154 e. The van der Waals surface area contributed by atoms with E-state index in [1.807, 2.05) is 31.5 Å². The van der Waals surface area contributed by atoms with Gasteiger partial charge in [0.05, 0.1) is 17.9 Å². The van der Waals surface area contributed by atoms with Gasteiger partial charge in [0.1, 0.15) is 12.1 Å². The lowest BCUT2D eigenvalue weighted by Crippen LogP contribution is -2.13. The van der Waals surface area contributed by atoms with E-state index >= 15 is 0 Å². The highest BCUT2D eigenvalue weighted by atomic mass is 15.3. The van der Waals surface area contributed by atoms with Gasteiger partial charge in [-0.2, -0.15) is 0 Å². The van der Waals surface area contributed by atoms with Crippen LogP contribution in [0.25, 0.3) is 0 Å². The fourth-order valence-corrected chi connectivity index (χ4v) is 1.62. The molecule has 0 saturated heterocycles. The van der Waals surface area contributed by atoms with Crippen LogP contribution in [0, 0.1) is 6.92 Å². The van der Waals surface area contributed by atoms with Gasteiger partial charge in [-0.1, -0.05) is 0 Å². The number of nitrogens with one attached hydrogen (secondary N) is 1. The van der Waals surface area contributed by atoms with E-state index in [0.29, 0.717) is 5.69 Å². The molecule has 6 heteroatoms. The molecule has 6 nitrogen and oxygen atoms in total. The van der Waals surface area contributed by atoms with Crippen LogP contribution < -0.4 is 11.1 Å². The zero-order valence-electron chi connectivity index (χ0n) is 10.2. The lowest BCUT2D eigenvalue weighted by atomic mass is 10.2. The normalized spacial score (nSPS) is 12.4. The number of nitrogen functional groups attached to an aromatic ring is 1. The third-order valence-corrected chi connectivity index (χ3v) is 2.65. The van der Waals surface area contributed by atoms with E-state index in [0.717, 1.165) is 17.2 Å². The second kappa shape index (κ2) is 4.40. The largest absolute Gasteiger partial charge is 0.397 e. The van der Waals surface area contributed by atoms with Gasteiger partial charge in [-0.25, -0.2) is 4.98 Å². The van der Waals surface area contributed by atoms with Crippen LogP contribution in [0.15, 0.2) is 18.6 Å². The van der Waals surface area contributed by atoms with Crippen molar-refractivity contribution in [2.24, 2.45) is 7.05 Å². The first kappa shape index (κ1) is 11.4. The summed E-state index contributed by atoms with van der Waals surface area (Å²) in [4.78, 5) is 4.23. The average molecular weight is 232 g/mol. The fraction of sp³-hybridized carbons (Fsp3) is 0.364. The first-order valence-electron chi connectivity index (χ1n) is 5.40. The van der Waals surface area contributed by atoms with Gasteiger partial charge in [-0.3, -0.25) is 0 Å². The summed E-state index contributed by atoms with van der Waals surface area (Å²) in [6, 6.07) is 1.96. The van der Waals surface area contributed by atoms with Crippen LogP contribution in [-0.4, -0.2) is 19.7 Å². The maximum absolute atomic E-state index is 5.72. The molecule has 0 aliphatic heterocycles. The molecular weight excluding hydrogens is 216 g/mol.